The summed E-state index contributed by atoms with van der Waals surface area (Å²) in [5, 5.41) is 7.95. The van der Waals surface area contributed by atoms with E-state index in [1.54, 1.807) is 29.5 Å². The molecular weight excluding hydrogens is 654 g/mol. The van der Waals surface area contributed by atoms with E-state index in [0.717, 1.165) is 55.4 Å². The number of carbonyl (C=O) groups is 4. The van der Waals surface area contributed by atoms with E-state index in [4.69, 9.17) is 9.40 Å². The fourth-order valence-corrected chi connectivity index (χ4v) is 7.15. The Morgan fingerprint density at radius 1 is 0.981 bits per heavy atom. The van der Waals surface area contributed by atoms with Crippen LogP contribution in [0.15, 0.2) is 95.9 Å². The van der Waals surface area contributed by atoms with E-state index in [1.807, 2.05) is 75.6 Å². The molecule has 0 bridgehead atoms. The van der Waals surface area contributed by atoms with Gasteiger partial charge in [-0.2, -0.15) is 0 Å². The lowest BCUT2D eigenvalue weighted by molar-refractivity contribution is -0.134. The lowest BCUT2D eigenvalue weighted by Crippen LogP contribution is -2.39. The van der Waals surface area contributed by atoms with Crippen molar-refractivity contribution in [3.05, 3.63) is 114 Å². The highest BCUT2D eigenvalue weighted by molar-refractivity contribution is 6.08. The second-order valence-corrected chi connectivity index (χ2v) is 13.6. The van der Waals surface area contributed by atoms with E-state index >= 15 is 0 Å². The van der Waals surface area contributed by atoms with Gasteiger partial charge in [0.1, 0.15) is 11.3 Å². The van der Waals surface area contributed by atoms with Crippen LogP contribution in [-0.4, -0.2) is 47.2 Å². The van der Waals surface area contributed by atoms with Crippen LogP contribution in [0.1, 0.15) is 59.8 Å². The molecule has 1 saturated heterocycles. The molecule has 10 nitrogen and oxygen atoms in total. The minimum atomic E-state index is -0.594. The summed E-state index contributed by atoms with van der Waals surface area (Å²) in [6.45, 7) is 4.03. The van der Waals surface area contributed by atoms with Gasteiger partial charge in [-0.3, -0.25) is 34.5 Å². The average molecular weight is 688 g/mol. The van der Waals surface area contributed by atoms with Crippen molar-refractivity contribution in [3.63, 3.8) is 0 Å². The van der Waals surface area contributed by atoms with Crippen LogP contribution in [0.5, 0.6) is 0 Å². The Hall–Kier alpha value is -6.60. The van der Waals surface area contributed by atoms with Crippen molar-refractivity contribution in [1.82, 2.24) is 20.6 Å². The zero-order valence-corrected chi connectivity index (χ0v) is 28.7. The molecular formula is C42H33N5O5. The highest BCUT2D eigenvalue weighted by atomic mass is 16.3. The lowest BCUT2D eigenvalue weighted by Gasteiger charge is -2.19. The molecule has 52 heavy (non-hydrogen) atoms. The molecule has 0 spiro atoms. The number of likely N-dealkylation sites (N-methyl/N-ethyl adjacent to an activating group) is 1. The fraction of sp³-hybridized carbons (Fsp3) is 0.190. The number of nitrogens with one attached hydrogen (secondary N) is 2. The van der Waals surface area contributed by atoms with Crippen LogP contribution in [-0.2, 0) is 19.8 Å². The molecule has 2 aliphatic rings. The first-order valence-electron chi connectivity index (χ1n) is 17.0. The topological polar surface area (TPSA) is 134 Å². The molecule has 8 rings (SSSR count). The van der Waals surface area contributed by atoms with Gasteiger partial charge in [0.2, 0.25) is 17.7 Å². The van der Waals surface area contributed by atoms with E-state index in [1.165, 1.54) is 0 Å². The molecule has 1 atom stereocenters. The largest absolute Gasteiger partial charge is 0.464 e. The number of piperidine rings is 1. The molecule has 2 N–H and O–H groups in total. The summed E-state index contributed by atoms with van der Waals surface area (Å²) in [6, 6.07) is 23.2. The summed E-state index contributed by atoms with van der Waals surface area (Å²) in [5.74, 6) is 4.70. The number of fused-ring (bicyclic) bond motifs is 3. The van der Waals surface area contributed by atoms with Gasteiger partial charge in [-0.05, 0) is 90.9 Å². The van der Waals surface area contributed by atoms with Crippen LogP contribution in [0.2, 0.25) is 0 Å². The van der Waals surface area contributed by atoms with E-state index in [9.17, 15) is 19.2 Å². The number of aromatic nitrogens is 2. The van der Waals surface area contributed by atoms with Gasteiger partial charge in [0, 0.05) is 59.0 Å². The second kappa shape index (κ2) is 12.6. The van der Waals surface area contributed by atoms with Crippen LogP contribution in [0.3, 0.4) is 0 Å². The number of rotatable bonds is 5. The van der Waals surface area contributed by atoms with Crippen molar-refractivity contribution >= 4 is 51.1 Å². The zero-order chi connectivity index (χ0) is 36.1. The number of hydrogen-bond acceptors (Lipinski definition) is 7. The molecule has 6 aromatic rings. The molecule has 3 aromatic carbocycles. The first kappa shape index (κ1) is 32.6. The molecule has 0 saturated carbocycles. The normalized spacial score (nSPS) is 16.4. The van der Waals surface area contributed by atoms with Gasteiger partial charge in [-0.25, -0.2) is 0 Å². The van der Waals surface area contributed by atoms with Crippen molar-refractivity contribution < 1.29 is 23.6 Å². The third-order valence-electron chi connectivity index (χ3n) is 10.0. The molecule has 2 aliphatic heterocycles. The van der Waals surface area contributed by atoms with Gasteiger partial charge in [0.25, 0.3) is 5.91 Å². The predicted molar refractivity (Wildman–Crippen MR) is 197 cm³/mol. The summed E-state index contributed by atoms with van der Waals surface area (Å²) < 4.78 is 5.65. The molecule has 10 heteroatoms. The Bertz CT molecular complexity index is 2540. The Morgan fingerprint density at radius 3 is 2.63 bits per heavy atom. The zero-order valence-electron chi connectivity index (χ0n) is 28.7. The minimum absolute atomic E-state index is 0.0825. The number of nitrogens with zero attached hydrogens (tertiary/aromatic N) is 3. The van der Waals surface area contributed by atoms with E-state index < -0.39 is 11.3 Å². The number of imide groups is 1. The molecule has 5 heterocycles. The van der Waals surface area contributed by atoms with Crippen molar-refractivity contribution in [2.75, 3.05) is 18.5 Å². The van der Waals surface area contributed by atoms with Gasteiger partial charge in [0.05, 0.1) is 29.8 Å². The van der Waals surface area contributed by atoms with Gasteiger partial charge < -0.3 is 14.6 Å². The second-order valence-electron chi connectivity index (χ2n) is 13.6. The molecule has 1 unspecified atom stereocenters. The molecule has 1 fully saturated rings. The monoisotopic (exact) mass is 687 g/mol. The SMILES string of the molecule is CN1C(=O)C(C)(C)c2cc(-c3cccc4cc(-c5ccc(C(=O)NCC#Cc6ccc7occ(C8CCC(=O)NC8=O)c7c6)nc5)ncc34)ccc21. The van der Waals surface area contributed by atoms with Crippen LogP contribution in [0.25, 0.3) is 44.1 Å². The maximum atomic E-state index is 12.9. The fourth-order valence-electron chi connectivity index (χ4n) is 7.15. The molecule has 0 aliphatic carbocycles. The third kappa shape index (κ3) is 5.66. The Balaban J connectivity index is 0.943. The number of amides is 4. The summed E-state index contributed by atoms with van der Waals surface area (Å²) >= 11 is 0. The van der Waals surface area contributed by atoms with Gasteiger partial charge in [0.15, 0.2) is 0 Å². The maximum absolute atomic E-state index is 12.9. The Kier molecular flexibility index (Phi) is 7.91. The molecule has 256 valence electrons. The first-order chi connectivity index (χ1) is 25.1. The van der Waals surface area contributed by atoms with Crippen LogP contribution >= 0.6 is 0 Å². The first-order valence-corrected chi connectivity index (χ1v) is 17.0. The van der Waals surface area contributed by atoms with E-state index in [-0.39, 0.29) is 42.3 Å². The summed E-state index contributed by atoms with van der Waals surface area (Å²) in [7, 11) is 1.82. The lowest BCUT2D eigenvalue weighted by atomic mass is 9.84. The van der Waals surface area contributed by atoms with Crippen molar-refractivity contribution in [2.24, 2.45) is 0 Å². The van der Waals surface area contributed by atoms with Crippen molar-refractivity contribution in [1.29, 1.82) is 0 Å². The molecule has 0 radical (unpaired) electrons. The van der Waals surface area contributed by atoms with Crippen LogP contribution in [0.4, 0.5) is 5.69 Å². The number of pyridine rings is 2. The summed E-state index contributed by atoms with van der Waals surface area (Å²) in [5.41, 5.74) is 7.22. The third-order valence-corrected chi connectivity index (χ3v) is 10.0. The predicted octanol–water partition coefficient (Wildman–Crippen LogP) is 6.27. The standard InChI is InChI=1S/C42H33N5O5/c1-42(2)33-19-26(11-14-36(33)47(3)41(42)51)28-8-4-7-25-20-35(45-22-31(25)28)27-10-13-34(44-21-27)40(50)43-17-5-6-24-9-15-37-30(18-24)32(23-52-37)29-12-16-38(48)46-39(29)49/h4,7-11,13-15,18-23,29H,12,16-17H2,1-3H3,(H,43,50)(H,46,48,49). The highest BCUT2D eigenvalue weighted by Gasteiger charge is 2.42. The molecule has 4 amide bonds. The summed E-state index contributed by atoms with van der Waals surface area (Å²) in [6.07, 6.45) is 5.76. The van der Waals surface area contributed by atoms with Crippen LogP contribution in [0, 0.1) is 11.8 Å². The smallest absolute Gasteiger partial charge is 0.270 e. The van der Waals surface area contributed by atoms with Crippen molar-refractivity contribution in [3.8, 4) is 34.2 Å². The van der Waals surface area contributed by atoms with E-state index in [0.29, 0.717) is 17.6 Å². The number of furan rings is 1. The number of carbonyl (C=O) groups excluding carboxylic acids is 4. The maximum Gasteiger partial charge on any atom is 0.270 e. The van der Waals surface area contributed by atoms with E-state index in [2.05, 4.69) is 39.6 Å². The number of anilines is 1. The minimum Gasteiger partial charge on any atom is -0.464 e. The van der Waals surface area contributed by atoms with Gasteiger partial charge >= 0.3 is 0 Å². The van der Waals surface area contributed by atoms with Crippen molar-refractivity contribution in [2.45, 2.75) is 38.0 Å². The highest BCUT2D eigenvalue weighted by Crippen LogP contribution is 2.43. The van der Waals surface area contributed by atoms with Gasteiger partial charge in [-0.15, -0.1) is 0 Å². The van der Waals surface area contributed by atoms with Crippen LogP contribution < -0.4 is 15.5 Å². The summed E-state index contributed by atoms with van der Waals surface area (Å²) in [4.78, 5) is 60.6. The average Bonchev–Trinajstić information content (AvgIpc) is 3.64. The number of benzene rings is 3. The quantitative estimate of drug-likeness (QED) is 0.161. The Morgan fingerprint density at radius 2 is 1.83 bits per heavy atom. The Labute approximate surface area is 299 Å². The van der Waals surface area contributed by atoms with Gasteiger partial charge in [-0.1, -0.05) is 36.1 Å². The molecule has 3 aromatic heterocycles. The number of hydrogen-bond donors (Lipinski definition) is 2.